The Bertz CT molecular complexity index is 661. The normalized spacial score (nSPS) is 10.3. The van der Waals surface area contributed by atoms with Gasteiger partial charge in [0, 0.05) is 11.3 Å². The Morgan fingerprint density at radius 2 is 1.86 bits per heavy atom. The molecule has 0 fully saturated rings. The lowest BCUT2D eigenvalue weighted by molar-refractivity contribution is 0.102. The molecule has 0 saturated heterocycles. The number of ether oxygens (including phenoxy) is 1. The smallest absolute Gasteiger partial charge is 0.255 e. The number of carbonyl (C=O) groups is 1. The fourth-order valence-electron chi connectivity index (χ4n) is 2.23. The van der Waals surface area contributed by atoms with Crippen molar-refractivity contribution in [2.24, 2.45) is 0 Å². The third-order valence-corrected chi connectivity index (χ3v) is 3.45. The summed E-state index contributed by atoms with van der Waals surface area (Å²) in [5, 5.41) is 2.95. The molecular formula is C18H22N2O2. The first-order valence-electron chi connectivity index (χ1n) is 7.42. The molecule has 2 aromatic carbocycles. The summed E-state index contributed by atoms with van der Waals surface area (Å²) in [6.07, 6.45) is 0.911. The van der Waals surface area contributed by atoms with Crippen molar-refractivity contribution in [2.75, 3.05) is 17.7 Å². The standard InChI is InChI=1S/C18H22N2O2/c1-4-10-22-16-9-8-14(11-15(16)19)18(21)20-17-12(2)6-5-7-13(17)3/h5-9,11H,4,10,19H2,1-3H3,(H,20,21). The van der Waals surface area contributed by atoms with E-state index in [1.54, 1.807) is 18.2 Å². The van der Waals surface area contributed by atoms with Crippen LogP contribution in [0.25, 0.3) is 0 Å². The highest BCUT2D eigenvalue weighted by molar-refractivity contribution is 6.05. The van der Waals surface area contributed by atoms with Crippen LogP contribution in [0.5, 0.6) is 5.75 Å². The van der Waals surface area contributed by atoms with Crippen LogP contribution in [0.15, 0.2) is 36.4 Å². The number of amides is 1. The summed E-state index contributed by atoms with van der Waals surface area (Å²) < 4.78 is 5.52. The predicted octanol–water partition coefficient (Wildman–Crippen LogP) is 3.93. The summed E-state index contributed by atoms with van der Waals surface area (Å²) in [6, 6.07) is 11.0. The molecule has 2 rings (SSSR count). The second-order valence-corrected chi connectivity index (χ2v) is 5.32. The number of hydrogen-bond donors (Lipinski definition) is 2. The summed E-state index contributed by atoms with van der Waals surface area (Å²) in [5.41, 5.74) is 9.85. The summed E-state index contributed by atoms with van der Waals surface area (Å²) in [7, 11) is 0. The van der Waals surface area contributed by atoms with Gasteiger partial charge in [-0.2, -0.15) is 0 Å². The van der Waals surface area contributed by atoms with E-state index in [2.05, 4.69) is 5.32 Å². The van der Waals surface area contributed by atoms with Crippen LogP contribution in [0.3, 0.4) is 0 Å². The highest BCUT2D eigenvalue weighted by Gasteiger charge is 2.11. The predicted molar refractivity (Wildman–Crippen MR) is 90.5 cm³/mol. The number of nitrogen functional groups attached to an aromatic ring is 1. The Morgan fingerprint density at radius 3 is 2.45 bits per heavy atom. The third kappa shape index (κ3) is 3.58. The van der Waals surface area contributed by atoms with Gasteiger partial charge < -0.3 is 15.8 Å². The molecule has 0 radical (unpaired) electrons. The number of carbonyl (C=O) groups excluding carboxylic acids is 1. The van der Waals surface area contributed by atoms with E-state index in [-0.39, 0.29) is 5.91 Å². The van der Waals surface area contributed by atoms with Crippen LogP contribution in [0.1, 0.15) is 34.8 Å². The van der Waals surface area contributed by atoms with Crippen molar-refractivity contribution < 1.29 is 9.53 Å². The van der Waals surface area contributed by atoms with Crippen LogP contribution < -0.4 is 15.8 Å². The SMILES string of the molecule is CCCOc1ccc(C(=O)Nc2c(C)cccc2C)cc1N. The third-order valence-electron chi connectivity index (χ3n) is 3.45. The Hall–Kier alpha value is -2.49. The lowest BCUT2D eigenvalue weighted by Crippen LogP contribution is -2.14. The maximum absolute atomic E-state index is 12.4. The molecule has 4 heteroatoms. The zero-order valence-electron chi connectivity index (χ0n) is 13.3. The summed E-state index contributed by atoms with van der Waals surface area (Å²) in [4.78, 5) is 12.4. The number of nitrogens with two attached hydrogens (primary N) is 1. The zero-order valence-corrected chi connectivity index (χ0v) is 13.3. The first-order chi connectivity index (χ1) is 10.5. The molecule has 0 aliphatic rings. The first-order valence-corrected chi connectivity index (χ1v) is 7.42. The van der Waals surface area contributed by atoms with Gasteiger partial charge >= 0.3 is 0 Å². The molecule has 0 spiro atoms. The molecule has 4 nitrogen and oxygen atoms in total. The van der Waals surface area contributed by atoms with E-state index in [0.29, 0.717) is 23.6 Å². The van der Waals surface area contributed by atoms with E-state index in [4.69, 9.17) is 10.5 Å². The fraction of sp³-hybridized carbons (Fsp3) is 0.278. The van der Waals surface area contributed by atoms with Gasteiger partial charge in [-0.1, -0.05) is 25.1 Å². The highest BCUT2D eigenvalue weighted by atomic mass is 16.5. The number of nitrogens with one attached hydrogen (secondary N) is 1. The van der Waals surface area contributed by atoms with Gasteiger partial charge in [0.15, 0.2) is 0 Å². The van der Waals surface area contributed by atoms with Crippen molar-refractivity contribution in [2.45, 2.75) is 27.2 Å². The summed E-state index contributed by atoms with van der Waals surface area (Å²) >= 11 is 0. The van der Waals surface area contributed by atoms with Crippen LogP contribution in [0.4, 0.5) is 11.4 Å². The van der Waals surface area contributed by atoms with E-state index in [1.165, 1.54) is 0 Å². The minimum Gasteiger partial charge on any atom is -0.491 e. The number of rotatable bonds is 5. The number of benzene rings is 2. The second kappa shape index (κ2) is 6.98. The molecule has 0 saturated carbocycles. The monoisotopic (exact) mass is 298 g/mol. The number of hydrogen-bond acceptors (Lipinski definition) is 3. The topological polar surface area (TPSA) is 64.3 Å². The van der Waals surface area contributed by atoms with Crippen LogP contribution in [-0.4, -0.2) is 12.5 Å². The van der Waals surface area contributed by atoms with Gasteiger partial charge in [-0.25, -0.2) is 0 Å². The van der Waals surface area contributed by atoms with Crippen molar-refractivity contribution >= 4 is 17.3 Å². The van der Waals surface area contributed by atoms with Gasteiger partial charge in [0.05, 0.1) is 12.3 Å². The molecule has 0 heterocycles. The van der Waals surface area contributed by atoms with E-state index >= 15 is 0 Å². The minimum atomic E-state index is -0.175. The van der Waals surface area contributed by atoms with Crippen molar-refractivity contribution in [1.82, 2.24) is 0 Å². The molecule has 0 aromatic heterocycles. The maximum atomic E-state index is 12.4. The van der Waals surface area contributed by atoms with Crippen LogP contribution in [0.2, 0.25) is 0 Å². The molecule has 22 heavy (non-hydrogen) atoms. The van der Waals surface area contributed by atoms with Gasteiger partial charge in [0.25, 0.3) is 5.91 Å². The molecule has 0 bridgehead atoms. The molecule has 1 amide bonds. The number of para-hydroxylation sites is 1. The average Bonchev–Trinajstić information content (AvgIpc) is 2.49. The first kappa shape index (κ1) is 15.9. The van der Waals surface area contributed by atoms with Crippen LogP contribution in [0, 0.1) is 13.8 Å². The number of aryl methyl sites for hydroxylation is 2. The molecule has 116 valence electrons. The van der Waals surface area contributed by atoms with Gasteiger partial charge in [-0.05, 0) is 49.6 Å². The number of anilines is 2. The Balaban J connectivity index is 2.18. The Kier molecular flexibility index (Phi) is 5.04. The molecule has 0 aliphatic carbocycles. The lowest BCUT2D eigenvalue weighted by Gasteiger charge is -2.13. The largest absolute Gasteiger partial charge is 0.491 e. The average molecular weight is 298 g/mol. The molecule has 0 aliphatic heterocycles. The molecule has 3 N–H and O–H groups in total. The van der Waals surface area contributed by atoms with E-state index in [0.717, 1.165) is 23.2 Å². The van der Waals surface area contributed by atoms with E-state index < -0.39 is 0 Å². The van der Waals surface area contributed by atoms with Crippen molar-refractivity contribution in [3.05, 3.63) is 53.1 Å². The molecule has 0 unspecified atom stereocenters. The van der Waals surface area contributed by atoms with Gasteiger partial charge in [0.1, 0.15) is 5.75 Å². The molecular weight excluding hydrogens is 276 g/mol. The van der Waals surface area contributed by atoms with Gasteiger partial charge in [-0.15, -0.1) is 0 Å². The lowest BCUT2D eigenvalue weighted by atomic mass is 10.1. The van der Waals surface area contributed by atoms with Crippen molar-refractivity contribution in [3.63, 3.8) is 0 Å². The summed E-state index contributed by atoms with van der Waals surface area (Å²) in [5.74, 6) is 0.441. The fourth-order valence-corrected chi connectivity index (χ4v) is 2.23. The van der Waals surface area contributed by atoms with Crippen molar-refractivity contribution in [1.29, 1.82) is 0 Å². The van der Waals surface area contributed by atoms with E-state index in [9.17, 15) is 4.79 Å². The second-order valence-electron chi connectivity index (χ2n) is 5.32. The Morgan fingerprint density at radius 1 is 1.18 bits per heavy atom. The zero-order chi connectivity index (χ0) is 16.1. The van der Waals surface area contributed by atoms with E-state index in [1.807, 2.05) is 39.0 Å². The van der Waals surface area contributed by atoms with Gasteiger partial charge in [-0.3, -0.25) is 4.79 Å². The Labute approximate surface area is 131 Å². The molecule has 0 atom stereocenters. The van der Waals surface area contributed by atoms with Crippen molar-refractivity contribution in [3.8, 4) is 5.75 Å². The molecule has 2 aromatic rings. The van der Waals surface area contributed by atoms with Gasteiger partial charge in [0.2, 0.25) is 0 Å². The summed E-state index contributed by atoms with van der Waals surface area (Å²) in [6.45, 7) is 6.58. The van der Waals surface area contributed by atoms with Crippen LogP contribution in [-0.2, 0) is 0 Å². The quantitative estimate of drug-likeness (QED) is 0.822. The highest BCUT2D eigenvalue weighted by Crippen LogP contribution is 2.24. The van der Waals surface area contributed by atoms with Crippen LogP contribution >= 0.6 is 0 Å². The minimum absolute atomic E-state index is 0.175. The maximum Gasteiger partial charge on any atom is 0.255 e.